The molecule has 7 nitrogen and oxygen atoms in total. The minimum absolute atomic E-state index is 0.196. The van der Waals surface area contributed by atoms with E-state index in [1.165, 1.54) is 6.21 Å². The molecule has 0 unspecified atom stereocenters. The van der Waals surface area contributed by atoms with Gasteiger partial charge in [0, 0.05) is 5.02 Å². The predicted molar refractivity (Wildman–Crippen MR) is 126 cm³/mol. The van der Waals surface area contributed by atoms with Crippen LogP contribution in [0.15, 0.2) is 71.8 Å². The summed E-state index contributed by atoms with van der Waals surface area (Å²) in [5, 5.41) is 4.54. The summed E-state index contributed by atoms with van der Waals surface area (Å²) in [6.07, 6.45) is 1.46. The third-order valence-electron chi connectivity index (χ3n) is 4.38. The smallest absolute Gasteiger partial charge is 0.343 e. The van der Waals surface area contributed by atoms with Gasteiger partial charge in [0.1, 0.15) is 5.75 Å². The zero-order valence-corrected chi connectivity index (χ0v) is 19.0. The average Bonchev–Trinajstić information content (AvgIpc) is 2.81. The summed E-state index contributed by atoms with van der Waals surface area (Å²) < 4.78 is 16.5. The molecule has 8 heteroatoms. The minimum atomic E-state index is -0.485. The number of esters is 1. The molecule has 0 bridgehead atoms. The maximum Gasteiger partial charge on any atom is 0.343 e. The normalized spacial score (nSPS) is 10.6. The molecule has 0 radical (unpaired) electrons. The van der Waals surface area contributed by atoms with Crippen molar-refractivity contribution in [3.05, 3.63) is 88.4 Å². The standard InChI is InChI=1S/C25H23ClN2O5/c1-3-31-23-14-18(9-11-22(23)33-25(30)19-7-5-4-6-8-19)15-27-28-24(29)16-32-21-12-10-20(26)13-17(21)2/h4-15H,3,16H2,1-2H3,(H,28,29)/b27-15+. The van der Waals surface area contributed by atoms with Crippen molar-refractivity contribution >= 4 is 29.7 Å². The third-order valence-corrected chi connectivity index (χ3v) is 4.61. The van der Waals surface area contributed by atoms with Gasteiger partial charge in [0.25, 0.3) is 5.91 Å². The van der Waals surface area contributed by atoms with Crippen LogP contribution in [0.2, 0.25) is 5.02 Å². The van der Waals surface area contributed by atoms with Crippen LogP contribution in [0.3, 0.4) is 0 Å². The summed E-state index contributed by atoms with van der Waals surface area (Å²) in [6.45, 7) is 3.85. The monoisotopic (exact) mass is 466 g/mol. The molecule has 0 atom stereocenters. The second-order valence-corrected chi connectivity index (χ2v) is 7.32. The van der Waals surface area contributed by atoms with E-state index in [0.717, 1.165) is 5.56 Å². The molecule has 1 amide bonds. The topological polar surface area (TPSA) is 86.2 Å². The Kier molecular flexibility index (Phi) is 8.43. The molecule has 0 heterocycles. The molecule has 0 aliphatic heterocycles. The van der Waals surface area contributed by atoms with Crippen LogP contribution < -0.4 is 19.6 Å². The van der Waals surface area contributed by atoms with Crippen LogP contribution in [0.4, 0.5) is 0 Å². The molecule has 0 spiro atoms. The molecule has 33 heavy (non-hydrogen) atoms. The Bertz CT molecular complexity index is 1150. The van der Waals surface area contributed by atoms with E-state index in [0.29, 0.717) is 40.0 Å². The summed E-state index contributed by atoms with van der Waals surface area (Å²) in [6, 6.07) is 18.8. The van der Waals surface area contributed by atoms with Crippen molar-refractivity contribution in [2.24, 2.45) is 5.10 Å². The van der Waals surface area contributed by atoms with Crippen molar-refractivity contribution in [1.82, 2.24) is 5.43 Å². The largest absolute Gasteiger partial charge is 0.490 e. The summed E-state index contributed by atoms with van der Waals surface area (Å²) >= 11 is 5.91. The van der Waals surface area contributed by atoms with Crippen LogP contribution in [0.5, 0.6) is 17.2 Å². The fourth-order valence-corrected chi connectivity index (χ4v) is 3.05. The Labute approximate surface area is 196 Å². The number of ether oxygens (including phenoxy) is 3. The number of carbonyl (C=O) groups is 2. The van der Waals surface area contributed by atoms with Crippen LogP contribution in [0.1, 0.15) is 28.4 Å². The van der Waals surface area contributed by atoms with Gasteiger partial charge in [-0.25, -0.2) is 10.2 Å². The predicted octanol–water partition coefficient (Wildman–Crippen LogP) is 4.80. The van der Waals surface area contributed by atoms with E-state index < -0.39 is 11.9 Å². The molecular formula is C25H23ClN2O5. The highest BCUT2D eigenvalue weighted by atomic mass is 35.5. The second kappa shape index (κ2) is 11.7. The molecule has 0 aromatic heterocycles. The van der Waals surface area contributed by atoms with Crippen molar-refractivity contribution in [3.63, 3.8) is 0 Å². The van der Waals surface area contributed by atoms with Gasteiger partial charge in [-0.1, -0.05) is 29.8 Å². The van der Waals surface area contributed by atoms with Gasteiger partial charge in [0.15, 0.2) is 18.1 Å². The highest BCUT2D eigenvalue weighted by molar-refractivity contribution is 6.30. The maximum atomic E-state index is 12.3. The Balaban J connectivity index is 1.59. The van der Waals surface area contributed by atoms with Crippen molar-refractivity contribution in [3.8, 4) is 17.2 Å². The zero-order valence-electron chi connectivity index (χ0n) is 18.2. The molecule has 0 aliphatic rings. The van der Waals surface area contributed by atoms with Gasteiger partial charge in [0.2, 0.25) is 0 Å². The highest BCUT2D eigenvalue weighted by Crippen LogP contribution is 2.29. The van der Waals surface area contributed by atoms with Crippen molar-refractivity contribution < 1.29 is 23.8 Å². The maximum absolute atomic E-state index is 12.3. The van der Waals surface area contributed by atoms with Crippen LogP contribution in [-0.4, -0.2) is 31.3 Å². The first-order chi connectivity index (χ1) is 16.0. The fraction of sp³-hybridized carbons (Fsp3) is 0.160. The third kappa shape index (κ3) is 7.08. The van der Waals surface area contributed by atoms with Gasteiger partial charge >= 0.3 is 5.97 Å². The van der Waals surface area contributed by atoms with E-state index in [4.69, 9.17) is 25.8 Å². The van der Waals surface area contributed by atoms with Gasteiger partial charge < -0.3 is 14.2 Å². The van der Waals surface area contributed by atoms with E-state index in [2.05, 4.69) is 10.5 Å². The number of halogens is 1. The number of rotatable bonds is 9. The van der Waals surface area contributed by atoms with Gasteiger partial charge in [0.05, 0.1) is 18.4 Å². The fourth-order valence-electron chi connectivity index (χ4n) is 2.82. The molecule has 170 valence electrons. The molecule has 0 fully saturated rings. The number of hydrazone groups is 1. The van der Waals surface area contributed by atoms with Gasteiger partial charge in [-0.3, -0.25) is 4.79 Å². The Hall–Kier alpha value is -3.84. The van der Waals surface area contributed by atoms with E-state index in [-0.39, 0.29) is 6.61 Å². The van der Waals surface area contributed by atoms with Gasteiger partial charge in [-0.15, -0.1) is 0 Å². The average molecular weight is 467 g/mol. The van der Waals surface area contributed by atoms with Gasteiger partial charge in [-0.2, -0.15) is 5.10 Å². The number of hydrogen-bond donors (Lipinski definition) is 1. The highest BCUT2D eigenvalue weighted by Gasteiger charge is 2.13. The van der Waals surface area contributed by atoms with E-state index in [1.807, 2.05) is 19.9 Å². The first-order valence-electron chi connectivity index (χ1n) is 10.2. The summed E-state index contributed by atoms with van der Waals surface area (Å²) in [7, 11) is 0. The Morgan fingerprint density at radius 3 is 2.45 bits per heavy atom. The quantitative estimate of drug-likeness (QED) is 0.212. The Morgan fingerprint density at radius 2 is 1.73 bits per heavy atom. The molecule has 3 aromatic rings. The lowest BCUT2D eigenvalue weighted by Gasteiger charge is -2.11. The van der Waals surface area contributed by atoms with Gasteiger partial charge in [-0.05, 0) is 73.5 Å². The number of aryl methyl sites for hydroxylation is 1. The van der Waals surface area contributed by atoms with Crippen LogP contribution >= 0.6 is 11.6 Å². The molecule has 0 saturated carbocycles. The summed E-state index contributed by atoms with van der Waals surface area (Å²) in [4.78, 5) is 24.3. The van der Waals surface area contributed by atoms with E-state index >= 15 is 0 Å². The first kappa shape index (κ1) is 23.8. The molecule has 1 N–H and O–H groups in total. The molecule has 0 saturated heterocycles. The number of benzene rings is 3. The second-order valence-electron chi connectivity index (χ2n) is 6.89. The lowest BCUT2D eigenvalue weighted by Crippen LogP contribution is -2.24. The SMILES string of the molecule is CCOc1cc(/C=N/NC(=O)COc2ccc(Cl)cc2C)ccc1OC(=O)c1ccccc1. The van der Waals surface area contributed by atoms with Crippen LogP contribution in [-0.2, 0) is 4.79 Å². The van der Waals surface area contributed by atoms with Crippen LogP contribution in [0, 0.1) is 6.92 Å². The number of amides is 1. The van der Waals surface area contributed by atoms with Crippen molar-refractivity contribution in [2.45, 2.75) is 13.8 Å². The Morgan fingerprint density at radius 1 is 0.970 bits per heavy atom. The number of hydrogen-bond acceptors (Lipinski definition) is 6. The summed E-state index contributed by atoms with van der Waals surface area (Å²) in [5.41, 5.74) is 4.31. The molecule has 0 aliphatic carbocycles. The lowest BCUT2D eigenvalue weighted by atomic mass is 10.2. The lowest BCUT2D eigenvalue weighted by molar-refractivity contribution is -0.123. The van der Waals surface area contributed by atoms with E-state index in [1.54, 1.807) is 60.7 Å². The zero-order chi connectivity index (χ0) is 23.6. The van der Waals surface area contributed by atoms with Crippen molar-refractivity contribution in [1.29, 1.82) is 0 Å². The number of nitrogens with one attached hydrogen (secondary N) is 1. The summed E-state index contributed by atoms with van der Waals surface area (Å²) in [5.74, 6) is 0.345. The first-order valence-corrected chi connectivity index (χ1v) is 10.6. The van der Waals surface area contributed by atoms with E-state index in [9.17, 15) is 9.59 Å². The van der Waals surface area contributed by atoms with Crippen LogP contribution in [0.25, 0.3) is 0 Å². The minimum Gasteiger partial charge on any atom is -0.490 e. The molecule has 3 rings (SSSR count). The molecule has 3 aromatic carbocycles. The molecular weight excluding hydrogens is 444 g/mol. The number of nitrogens with zero attached hydrogens (tertiary/aromatic N) is 1. The van der Waals surface area contributed by atoms with Crippen molar-refractivity contribution in [2.75, 3.05) is 13.2 Å². The number of carbonyl (C=O) groups excluding carboxylic acids is 2.